The summed E-state index contributed by atoms with van der Waals surface area (Å²) in [5.41, 5.74) is -4.33. The molecule has 0 aliphatic rings. The van der Waals surface area contributed by atoms with E-state index >= 15 is 0 Å². The molecule has 0 fully saturated rings. The predicted molar refractivity (Wildman–Crippen MR) is 23.7 cm³/mol. The fourth-order valence-corrected chi connectivity index (χ4v) is 0.380. The zero-order valence-electron chi connectivity index (χ0n) is 2.90. The average molecular weight is 150 g/mol. The van der Waals surface area contributed by atoms with Crippen LogP contribution in [-0.2, 0) is 3.63 Å². The van der Waals surface area contributed by atoms with Gasteiger partial charge in [0.15, 0.2) is 0 Å². The third-order valence-corrected chi connectivity index (χ3v) is 0.619. The molecular weight excluding hydrogens is 149 g/mol. The summed E-state index contributed by atoms with van der Waals surface area (Å²) in [5.74, 6) is 0. The Balaban J connectivity index is 3.15. The Kier molecular flexibility index (Phi) is 2.86. The molecule has 0 aromatic heterocycles. The van der Waals surface area contributed by atoms with Crippen LogP contribution in [0.3, 0.4) is 0 Å². The van der Waals surface area contributed by atoms with Gasteiger partial charge in [0.2, 0.25) is 0 Å². The van der Waals surface area contributed by atoms with Crippen LogP contribution in [-0.4, -0.2) is 5.51 Å². The molecule has 0 bridgehead atoms. The van der Waals surface area contributed by atoms with E-state index in [-0.39, 0.29) is 0 Å². The van der Waals surface area contributed by atoms with Gasteiger partial charge in [0, 0.05) is 0 Å². The molecule has 1 nitrogen and oxygen atoms in total. The van der Waals surface area contributed by atoms with Crippen LogP contribution in [0, 0.1) is 0 Å². The lowest BCUT2D eigenvalue weighted by atomic mass is 11.6. The molecule has 0 amide bonds. The highest BCUT2D eigenvalue weighted by atomic mass is 32.2. The van der Waals surface area contributed by atoms with E-state index < -0.39 is 17.6 Å². The molecule has 0 aliphatic carbocycles. The molecule has 0 aliphatic heterocycles. The topological polar surface area (TPSA) is 9.23 Å². The summed E-state index contributed by atoms with van der Waals surface area (Å²) >= 11 is 2.21. The highest BCUT2D eigenvalue weighted by Crippen LogP contribution is 2.31. The van der Waals surface area contributed by atoms with Crippen LogP contribution < -0.4 is 0 Å². The molecule has 6 heteroatoms. The van der Waals surface area contributed by atoms with Crippen molar-refractivity contribution < 1.29 is 16.8 Å². The van der Waals surface area contributed by atoms with E-state index in [0.29, 0.717) is 0 Å². The molecule has 7 heavy (non-hydrogen) atoms. The van der Waals surface area contributed by atoms with Crippen LogP contribution in [0.15, 0.2) is 0 Å². The molecule has 0 spiro atoms. The molecule has 0 aromatic rings. The predicted octanol–water partition coefficient (Wildman–Crippen LogP) is 2.02. The lowest BCUT2D eigenvalue weighted by Gasteiger charge is -1.97. The molecule has 0 heterocycles. The summed E-state index contributed by atoms with van der Waals surface area (Å²) in [6.07, 6.45) is 0. The average Bonchev–Trinajstić information content (AvgIpc) is 1.30. The van der Waals surface area contributed by atoms with Crippen LogP contribution in [0.5, 0.6) is 0 Å². The molecule has 44 valence electrons. The van der Waals surface area contributed by atoms with Gasteiger partial charge in [0.1, 0.15) is 12.0 Å². The SMILES string of the molecule is FC(F)(F)SOS. The van der Waals surface area contributed by atoms with Crippen LogP contribution in [0.25, 0.3) is 0 Å². The van der Waals surface area contributed by atoms with Crippen LogP contribution in [0.2, 0.25) is 0 Å². The van der Waals surface area contributed by atoms with Gasteiger partial charge >= 0.3 is 5.51 Å². The number of halogens is 3. The van der Waals surface area contributed by atoms with E-state index in [2.05, 4.69) is 16.5 Å². The molecule has 0 N–H and O–H groups in total. The maximum Gasteiger partial charge on any atom is 0.469 e. The number of alkyl halides is 3. The molecule has 0 radical (unpaired) electrons. The Morgan fingerprint density at radius 3 is 1.86 bits per heavy atom. The Labute approximate surface area is 48.0 Å². The third kappa shape index (κ3) is 6.45. The maximum absolute atomic E-state index is 10.8. The largest absolute Gasteiger partial charge is 0.469 e. The normalized spacial score (nSPS) is 12.0. The van der Waals surface area contributed by atoms with E-state index in [9.17, 15) is 13.2 Å². The van der Waals surface area contributed by atoms with Gasteiger partial charge in [-0.25, -0.2) is 3.63 Å². The Morgan fingerprint density at radius 2 is 1.86 bits per heavy atom. The summed E-state index contributed by atoms with van der Waals surface area (Å²) in [6.45, 7) is 0. The lowest BCUT2D eigenvalue weighted by Crippen LogP contribution is -1.97. The second-order valence-corrected chi connectivity index (χ2v) is 1.83. The van der Waals surface area contributed by atoms with Crippen LogP contribution >= 0.6 is 25.0 Å². The van der Waals surface area contributed by atoms with Gasteiger partial charge in [-0.2, -0.15) is 13.2 Å². The van der Waals surface area contributed by atoms with Gasteiger partial charge < -0.3 is 0 Å². The van der Waals surface area contributed by atoms with E-state index in [0.717, 1.165) is 0 Å². The van der Waals surface area contributed by atoms with Crippen molar-refractivity contribution in [2.24, 2.45) is 0 Å². The summed E-state index contributed by atoms with van der Waals surface area (Å²) in [6, 6.07) is 0. The summed E-state index contributed by atoms with van der Waals surface area (Å²) in [7, 11) is 0. The van der Waals surface area contributed by atoms with Gasteiger partial charge in [-0.15, -0.1) is 0 Å². The minimum atomic E-state index is -4.33. The Morgan fingerprint density at radius 1 is 1.43 bits per heavy atom. The quantitative estimate of drug-likeness (QED) is 0.452. The summed E-state index contributed by atoms with van der Waals surface area (Å²) < 4.78 is 35.9. The van der Waals surface area contributed by atoms with Crippen molar-refractivity contribution in [3.8, 4) is 0 Å². The van der Waals surface area contributed by atoms with Crippen molar-refractivity contribution in [2.75, 3.05) is 0 Å². The second kappa shape index (κ2) is 2.68. The van der Waals surface area contributed by atoms with Gasteiger partial charge in [0.25, 0.3) is 0 Å². The summed E-state index contributed by atoms with van der Waals surface area (Å²) in [5, 5.41) is 0. The van der Waals surface area contributed by atoms with E-state index in [1.807, 2.05) is 0 Å². The number of hydrogen-bond donors (Lipinski definition) is 1. The van der Waals surface area contributed by atoms with E-state index in [4.69, 9.17) is 0 Å². The van der Waals surface area contributed by atoms with Crippen molar-refractivity contribution in [1.29, 1.82) is 0 Å². The third-order valence-electron chi connectivity index (χ3n) is 0.132. The van der Waals surface area contributed by atoms with Gasteiger partial charge in [-0.3, -0.25) is 0 Å². The molecule has 0 saturated carbocycles. The molecule has 0 rings (SSSR count). The molecule has 0 unspecified atom stereocenters. The highest BCUT2D eigenvalue weighted by molar-refractivity contribution is 8.02. The molecule has 0 aromatic carbocycles. The first-order valence-electron chi connectivity index (χ1n) is 1.12. The van der Waals surface area contributed by atoms with Crippen molar-refractivity contribution in [3.63, 3.8) is 0 Å². The van der Waals surface area contributed by atoms with E-state index in [1.165, 1.54) is 0 Å². The zero-order chi connectivity index (χ0) is 5.91. The second-order valence-electron chi connectivity index (χ2n) is 0.604. The fourth-order valence-electron chi connectivity index (χ4n) is 0.0423. The first-order valence-corrected chi connectivity index (χ1v) is 2.23. The van der Waals surface area contributed by atoms with Crippen LogP contribution in [0.1, 0.15) is 0 Å². The van der Waals surface area contributed by atoms with Gasteiger partial charge in [-0.05, 0) is 12.9 Å². The standard InChI is InChI=1S/CHF3OS2/c2-1(3,4)7-5-6/h6H. The molecular formula is CHF3OS2. The smallest absolute Gasteiger partial charge is 0.242 e. The Hall–Kier alpha value is 0.450. The van der Waals surface area contributed by atoms with Crippen molar-refractivity contribution >= 4 is 25.0 Å². The van der Waals surface area contributed by atoms with Crippen LogP contribution in [0.4, 0.5) is 13.2 Å². The van der Waals surface area contributed by atoms with Crippen molar-refractivity contribution in [3.05, 3.63) is 0 Å². The highest BCUT2D eigenvalue weighted by Gasteiger charge is 2.29. The molecule has 0 saturated heterocycles. The zero-order valence-corrected chi connectivity index (χ0v) is 4.61. The first kappa shape index (κ1) is 7.45. The minimum Gasteiger partial charge on any atom is -0.242 e. The lowest BCUT2D eigenvalue weighted by molar-refractivity contribution is -0.0365. The fraction of sp³-hybridized carbons (Fsp3) is 1.00. The maximum atomic E-state index is 10.8. The van der Waals surface area contributed by atoms with Crippen molar-refractivity contribution in [2.45, 2.75) is 5.51 Å². The number of thiol groups is 1. The van der Waals surface area contributed by atoms with Crippen molar-refractivity contribution in [1.82, 2.24) is 0 Å². The number of rotatable bonds is 1. The number of hydrogen-bond acceptors (Lipinski definition) is 3. The minimum absolute atomic E-state index is 0.647. The monoisotopic (exact) mass is 150 g/mol. The first-order chi connectivity index (χ1) is 3.06. The van der Waals surface area contributed by atoms with E-state index in [1.54, 1.807) is 0 Å². The summed E-state index contributed by atoms with van der Waals surface area (Å²) in [4.78, 5) is 0. The molecule has 0 atom stereocenters. The Bertz CT molecular complexity index is 51.4. The van der Waals surface area contributed by atoms with Gasteiger partial charge in [0.05, 0.1) is 0 Å². The van der Waals surface area contributed by atoms with Gasteiger partial charge in [-0.1, -0.05) is 0 Å².